The lowest BCUT2D eigenvalue weighted by Gasteiger charge is -2.27. The second-order valence-electron chi connectivity index (χ2n) is 6.10. The first-order valence-electron chi connectivity index (χ1n) is 8.29. The fourth-order valence-corrected chi connectivity index (χ4v) is 3.04. The Kier molecular flexibility index (Phi) is 5.32. The number of aryl methyl sites for hydroxylation is 1. The summed E-state index contributed by atoms with van der Waals surface area (Å²) >= 11 is 5.01. The highest BCUT2D eigenvalue weighted by molar-refractivity contribution is 7.80. The van der Waals surface area contributed by atoms with Gasteiger partial charge in [-0.1, -0.05) is 18.2 Å². The van der Waals surface area contributed by atoms with Gasteiger partial charge in [0.2, 0.25) is 0 Å². The Balaban J connectivity index is 1.97. The molecular weight excluding hydrogens is 381 g/mol. The molecule has 8 heteroatoms. The topological polar surface area (TPSA) is 71.4 Å². The molecule has 1 saturated heterocycles. The molecule has 1 aromatic heterocycles. The zero-order chi connectivity index (χ0) is 20.4. The largest absolute Gasteiger partial charge is 0.350 e. The maximum atomic E-state index is 13.9. The number of hydrogen-bond donors (Lipinski definition) is 1. The first-order chi connectivity index (χ1) is 13.3. The van der Waals surface area contributed by atoms with E-state index in [9.17, 15) is 18.8 Å². The second-order valence-corrected chi connectivity index (χ2v) is 6.48. The van der Waals surface area contributed by atoms with E-state index in [-0.39, 0.29) is 28.4 Å². The third-order valence-electron chi connectivity index (χ3n) is 4.21. The highest BCUT2D eigenvalue weighted by atomic mass is 32.1. The predicted octanol–water partition coefficient (Wildman–Crippen LogP) is 2.21. The van der Waals surface area contributed by atoms with Gasteiger partial charge in [0.05, 0.1) is 5.56 Å². The van der Waals surface area contributed by atoms with Gasteiger partial charge in [0, 0.05) is 31.0 Å². The predicted molar refractivity (Wildman–Crippen MR) is 106 cm³/mol. The number of nitrogens with zero attached hydrogens (tertiary/aromatic N) is 2. The number of aromatic nitrogens is 1. The molecule has 6 nitrogen and oxygen atoms in total. The molecule has 28 heavy (non-hydrogen) atoms. The molecule has 2 amide bonds. The van der Waals surface area contributed by atoms with E-state index >= 15 is 0 Å². The highest BCUT2D eigenvalue weighted by Crippen LogP contribution is 2.19. The number of nitrogens with one attached hydrogen (secondary N) is 1. The Labute approximate surface area is 165 Å². The van der Waals surface area contributed by atoms with Gasteiger partial charge >= 0.3 is 0 Å². The standard InChI is InChI=1S/C20H16FN3O3S/c1-3-8-24-19(27)15(18(26)22-20(24)28)10-13-9-12(11-23(13)2)17(25)14-6-4-5-7-16(14)21/h3-7,9-11H,1,8H2,2H3,(H,22,26,28)/b15-10+. The Bertz CT molecular complexity index is 1050. The van der Waals surface area contributed by atoms with Crippen LogP contribution in [0.25, 0.3) is 6.08 Å². The molecule has 0 spiro atoms. The lowest BCUT2D eigenvalue weighted by atomic mass is 10.0. The number of halogens is 1. The van der Waals surface area contributed by atoms with Crippen LogP contribution in [0.1, 0.15) is 21.6 Å². The summed E-state index contributed by atoms with van der Waals surface area (Å²) in [5.74, 6) is -2.30. The zero-order valence-corrected chi connectivity index (χ0v) is 15.8. The van der Waals surface area contributed by atoms with Crippen molar-refractivity contribution in [3.8, 4) is 0 Å². The van der Waals surface area contributed by atoms with Crippen LogP contribution in [0.2, 0.25) is 0 Å². The molecule has 0 bridgehead atoms. The molecule has 2 heterocycles. The molecule has 142 valence electrons. The monoisotopic (exact) mass is 397 g/mol. The van der Waals surface area contributed by atoms with Crippen LogP contribution in [0.3, 0.4) is 0 Å². The Morgan fingerprint density at radius 3 is 2.71 bits per heavy atom. The molecule has 0 aliphatic carbocycles. The molecule has 1 aliphatic rings. The minimum Gasteiger partial charge on any atom is -0.350 e. The quantitative estimate of drug-likeness (QED) is 0.276. The minimum atomic E-state index is -0.626. The number of ketones is 1. The van der Waals surface area contributed by atoms with Gasteiger partial charge in [-0.2, -0.15) is 0 Å². The highest BCUT2D eigenvalue weighted by Gasteiger charge is 2.32. The average molecular weight is 397 g/mol. The van der Waals surface area contributed by atoms with Gasteiger partial charge in [-0.05, 0) is 36.5 Å². The van der Waals surface area contributed by atoms with Gasteiger partial charge in [-0.25, -0.2) is 4.39 Å². The molecule has 1 aliphatic heterocycles. The first kappa shape index (κ1) is 19.4. The molecule has 1 N–H and O–H groups in total. The Hall–Kier alpha value is -3.39. The Morgan fingerprint density at radius 1 is 1.32 bits per heavy atom. The summed E-state index contributed by atoms with van der Waals surface area (Å²) in [6.07, 6.45) is 4.37. The molecular formula is C20H16FN3O3S. The molecule has 0 atom stereocenters. The van der Waals surface area contributed by atoms with Crippen molar-refractivity contribution in [2.24, 2.45) is 7.05 Å². The smallest absolute Gasteiger partial charge is 0.266 e. The van der Waals surface area contributed by atoms with Gasteiger partial charge in [-0.15, -0.1) is 6.58 Å². The van der Waals surface area contributed by atoms with Crippen molar-refractivity contribution in [3.05, 3.63) is 77.4 Å². The first-order valence-corrected chi connectivity index (χ1v) is 8.69. The van der Waals surface area contributed by atoms with Crippen LogP contribution in [0.4, 0.5) is 4.39 Å². The third kappa shape index (κ3) is 3.54. The molecule has 0 unspecified atom stereocenters. The zero-order valence-electron chi connectivity index (χ0n) is 14.9. The number of thiocarbonyl (C=S) groups is 1. The maximum Gasteiger partial charge on any atom is 0.266 e. The fourth-order valence-electron chi connectivity index (χ4n) is 2.79. The van der Waals surface area contributed by atoms with Crippen LogP contribution in [-0.2, 0) is 16.6 Å². The maximum absolute atomic E-state index is 13.9. The second kappa shape index (κ2) is 7.69. The number of benzene rings is 1. The molecule has 0 radical (unpaired) electrons. The van der Waals surface area contributed by atoms with Crippen LogP contribution in [0.5, 0.6) is 0 Å². The average Bonchev–Trinajstić information content (AvgIpc) is 3.02. The summed E-state index contributed by atoms with van der Waals surface area (Å²) in [5.41, 5.74) is 0.494. The van der Waals surface area contributed by atoms with Crippen molar-refractivity contribution in [1.29, 1.82) is 0 Å². The SMILES string of the molecule is C=CCN1C(=O)/C(=C/c2cc(C(=O)c3ccccc3F)cn2C)C(=O)NC1=S. The number of rotatable bonds is 5. The van der Waals surface area contributed by atoms with Crippen molar-refractivity contribution >= 4 is 41.0 Å². The van der Waals surface area contributed by atoms with Gasteiger partial charge in [-0.3, -0.25) is 24.6 Å². The van der Waals surface area contributed by atoms with E-state index in [0.29, 0.717) is 5.69 Å². The summed E-state index contributed by atoms with van der Waals surface area (Å²) < 4.78 is 15.5. The van der Waals surface area contributed by atoms with Crippen molar-refractivity contribution in [3.63, 3.8) is 0 Å². The molecule has 1 fully saturated rings. The molecule has 3 rings (SSSR count). The van der Waals surface area contributed by atoms with Crippen molar-refractivity contribution in [2.75, 3.05) is 6.54 Å². The van der Waals surface area contributed by atoms with Gasteiger partial charge < -0.3 is 4.57 Å². The minimum absolute atomic E-state index is 0.00866. The number of carbonyl (C=O) groups is 3. The van der Waals surface area contributed by atoms with E-state index in [0.717, 1.165) is 0 Å². The number of amides is 2. The van der Waals surface area contributed by atoms with Crippen LogP contribution in [0.15, 0.2) is 54.8 Å². The number of hydrogen-bond acceptors (Lipinski definition) is 4. The third-order valence-corrected chi connectivity index (χ3v) is 4.54. The molecule has 0 saturated carbocycles. The fraction of sp³-hybridized carbons (Fsp3) is 0.100. The van der Waals surface area contributed by atoms with E-state index in [1.54, 1.807) is 17.7 Å². The van der Waals surface area contributed by atoms with Crippen molar-refractivity contribution < 1.29 is 18.8 Å². The van der Waals surface area contributed by atoms with E-state index in [1.807, 2.05) is 0 Å². The van der Waals surface area contributed by atoms with E-state index in [1.165, 1.54) is 47.5 Å². The van der Waals surface area contributed by atoms with Crippen LogP contribution < -0.4 is 5.32 Å². The van der Waals surface area contributed by atoms with Gasteiger partial charge in [0.15, 0.2) is 10.9 Å². The lowest BCUT2D eigenvalue weighted by Crippen LogP contribution is -2.53. The molecule has 2 aromatic rings. The molecule has 1 aromatic carbocycles. The van der Waals surface area contributed by atoms with E-state index in [2.05, 4.69) is 11.9 Å². The van der Waals surface area contributed by atoms with Crippen LogP contribution >= 0.6 is 12.2 Å². The number of carbonyl (C=O) groups excluding carboxylic acids is 3. The van der Waals surface area contributed by atoms with Crippen molar-refractivity contribution in [1.82, 2.24) is 14.8 Å². The van der Waals surface area contributed by atoms with Gasteiger partial charge in [0.25, 0.3) is 11.8 Å². The summed E-state index contributed by atoms with van der Waals surface area (Å²) in [5, 5.41) is 2.46. The van der Waals surface area contributed by atoms with Crippen LogP contribution in [-0.4, -0.2) is 38.7 Å². The van der Waals surface area contributed by atoms with Crippen molar-refractivity contribution in [2.45, 2.75) is 0 Å². The van der Waals surface area contributed by atoms with Gasteiger partial charge in [0.1, 0.15) is 11.4 Å². The summed E-state index contributed by atoms with van der Waals surface area (Å²) in [6, 6.07) is 7.17. The normalized spacial score (nSPS) is 15.7. The van der Waals surface area contributed by atoms with E-state index < -0.39 is 23.4 Å². The van der Waals surface area contributed by atoms with Crippen LogP contribution in [0, 0.1) is 5.82 Å². The van der Waals surface area contributed by atoms with E-state index in [4.69, 9.17) is 12.2 Å². The Morgan fingerprint density at radius 2 is 2.04 bits per heavy atom. The summed E-state index contributed by atoms with van der Waals surface area (Å²) in [6.45, 7) is 3.72. The lowest BCUT2D eigenvalue weighted by molar-refractivity contribution is -0.128. The summed E-state index contributed by atoms with van der Waals surface area (Å²) in [7, 11) is 1.65. The summed E-state index contributed by atoms with van der Waals surface area (Å²) in [4.78, 5) is 38.6.